The van der Waals surface area contributed by atoms with Gasteiger partial charge in [0, 0.05) is 41.3 Å². The Morgan fingerprint density at radius 1 is 1.09 bits per heavy atom. The number of carbonyl (C=O) groups is 1. The standard InChI is InChI=1S/C29H33N3O3/c1-17-4-3-5-18(2)27(17)24-15-31-28(19-6-7-19)25(24)16-35-23-12-21-9-10-22(13-23)32(21)26-11-8-20(14-30-26)29(33)34/h3-5,8,11,14-15,19,21-23,31H,6-7,9-10,12-13,16H2,1-2H3,(H,33,34). The van der Waals surface area contributed by atoms with E-state index < -0.39 is 5.97 Å². The lowest BCUT2D eigenvalue weighted by Crippen LogP contribution is -2.46. The van der Waals surface area contributed by atoms with E-state index in [-0.39, 0.29) is 11.7 Å². The molecule has 3 aromatic rings. The molecule has 1 saturated carbocycles. The average molecular weight is 472 g/mol. The fraction of sp³-hybridized carbons (Fsp3) is 0.448. The van der Waals surface area contributed by atoms with Gasteiger partial charge in [0.2, 0.25) is 0 Å². The molecule has 2 atom stereocenters. The summed E-state index contributed by atoms with van der Waals surface area (Å²) in [5.74, 6) is 0.596. The number of ether oxygens (including phenoxy) is 1. The van der Waals surface area contributed by atoms with Crippen molar-refractivity contribution in [2.75, 3.05) is 4.90 Å². The molecule has 6 nitrogen and oxygen atoms in total. The van der Waals surface area contributed by atoms with Crippen molar-refractivity contribution in [1.29, 1.82) is 0 Å². The van der Waals surface area contributed by atoms with E-state index in [4.69, 9.17) is 4.74 Å². The van der Waals surface area contributed by atoms with Crippen LogP contribution < -0.4 is 4.90 Å². The molecule has 6 rings (SSSR count). The molecule has 1 aromatic carbocycles. The highest BCUT2D eigenvalue weighted by molar-refractivity contribution is 5.87. The number of nitrogens with zero attached hydrogens (tertiary/aromatic N) is 2. The number of aryl methyl sites for hydroxylation is 2. The minimum atomic E-state index is -0.935. The van der Waals surface area contributed by atoms with Crippen LogP contribution in [0.1, 0.15) is 77.2 Å². The fourth-order valence-electron chi connectivity index (χ4n) is 6.33. The molecular formula is C29H33N3O3. The Balaban J connectivity index is 1.19. The number of benzene rings is 1. The van der Waals surface area contributed by atoms with Crippen LogP contribution in [0.5, 0.6) is 0 Å². The molecular weight excluding hydrogens is 438 g/mol. The maximum Gasteiger partial charge on any atom is 0.337 e. The number of aromatic amines is 1. The zero-order valence-corrected chi connectivity index (χ0v) is 20.5. The van der Waals surface area contributed by atoms with E-state index in [1.807, 2.05) is 6.07 Å². The van der Waals surface area contributed by atoms with Gasteiger partial charge in [0.05, 0.1) is 18.3 Å². The van der Waals surface area contributed by atoms with Gasteiger partial charge in [0.15, 0.2) is 0 Å². The van der Waals surface area contributed by atoms with Crippen molar-refractivity contribution in [1.82, 2.24) is 9.97 Å². The van der Waals surface area contributed by atoms with Crippen molar-refractivity contribution < 1.29 is 14.6 Å². The lowest BCUT2D eigenvalue weighted by molar-refractivity contribution is 0.0149. The minimum absolute atomic E-state index is 0.231. The smallest absolute Gasteiger partial charge is 0.337 e. The molecule has 2 bridgehead atoms. The zero-order chi connectivity index (χ0) is 24.1. The Morgan fingerprint density at radius 2 is 1.80 bits per heavy atom. The van der Waals surface area contributed by atoms with Crippen LogP contribution in [0.15, 0.2) is 42.7 Å². The van der Waals surface area contributed by atoms with E-state index in [2.05, 4.69) is 53.1 Å². The summed E-state index contributed by atoms with van der Waals surface area (Å²) in [6, 6.07) is 10.8. The number of hydrogen-bond donors (Lipinski definition) is 2. The predicted octanol–water partition coefficient (Wildman–Crippen LogP) is 5.99. The Bertz CT molecular complexity index is 1210. The van der Waals surface area contributed by atoms with Crippen molar-refractivity contribution in [2.24, 2.45) is 0 Å². The van der Waals surface area contributed by atoms with Crippen LogP contribution in [0.25, 0.3) is 11.1 Å². The zero-order valence-electron chi connectivity index (χ0n) is 20.5. The molecule has 3 aliphatic rings. The summed E-state index contributed by atoms with van der Waals surface area (Å²) in [6.07, 6.45) is 10.7. The summed E-state index contributed by atoms with van der Waals surface area (Å²) in [5.41, 5.74) is 8.18. The number of pyridine rings is 1. The second-order valence-corrected chi connectivity index (χ2v) is 10.5. The molecule has 2 unspecified atom stereocenters. The summed E-state index contributed by atoms with van der Waals surface area (Å²) in [5, 5.41) is 9.18. The van der Waals surface area contributed by atoms with Crippen molar-refractivity contribution >= 4 is 11.8 Å². The van der Waals surface area contributed by atoms with Crippen LogP contribution in [-0.2, 0) is 11.3 Å². The molecule has 3 fully saturated rings. The van der Waals surface area contributed by atoms with Crippen molar-refractivity contribution in [3.63, 3.8) is 0 Å². The molecule has 4 heterocycles. The van der Waals surface area contributed by atoms with Crippen LogP contribution in [0.3, 0.4) is 0 Å². The number of piperidine rings is 1. The molecule has 2 aromatic heterocycles. The molecule has 35 heavy (non-hydrogen) atoms. The number of anilines is 1. The van der Waals surface area contributed by atoms with E-state index >= 15 is 0 Å². The molecule has 2 saturated heterocycles. The number of aromatic carboxylic acids is 1. The molecule has 2 aliphatic heterocycles. The van der Waals surface area contributed by atoms with Gasteiger partial charge in [-0.25, -0.2) is 9.78 Å². The first kappa shape index (κ1) is 22.4. The number of carboxylic acids is 1. The van der Waals surface area contributed by atoms with Gasteiger partial charge in [-0.1, -0.05) is 18.2 Å². The molecule has 0 radical (unpaired) electrons. The lowest BCUT2D eigenvalue weighted by Gasteiger charge is -2.39. The highest BCUT2D eigenvalue weighted by atomic mass is 16.5. The Labute approximate surface area is 206 Å². The minimum Gasteiger partial charge on any atom is -0.478 e. The quantitative estimate of drug-likeness (QED) is 0.443. The first-order valence-electron chi connectivity index (χ1n) is 12.9. The largest absolute Gasteiger partial charge is 0.478 e. The van der Waals surface area contributed by atoms with E-state index in [0.29, 0.717) is 24.6 Å². The fourth-order valence-corrected chi connectivity index (χ4v) is 6.33. The van der Waals surface area contributed by atoms with Gasteiger partial charge in [-0.15, -0.1) is 0 Å². The third kappa shape index (κ3) is 4.14. The van der Waals surface area contributed by atoms with Gasteiger partial charge < -0.3 is 19.7 Å². The molecule has 1 aliphatic carbocycles. The van der Waals surface area contributed by atoms with E-state index in [9.17, 15) is 9.90 Å². The Morgan fingerprint density at radius 3 is 2.40 bits per heavy atom. The van der Waals surface area contributed by atoms with E-state index in [1.165, 1.54) is 52.5 Å². The van der Waals surface area contributed by atoms with Crippen LogP contribution >= 0.6 is 0 Å². The number of carboxylic acid groups (broad SMARTS) is 1. The molecule has 6 heteroatoms. The first-order chi connectivity index (χ1) is 17.0. The SMILES string of the molecule is Cc1cccc(C)c1-c1c[nH]c(C2CC2)c1COC1CC2CCC(C1)N2c1ccc(C(=O)O)cn1. The van der Waals surface area contributed by atoms with Gasteiger partial charge >= 0.3 is 5.97 Å². The van der Waals surface area contributed by atoms with Crippen LogP contribution in [-0.4, -0.2) is 39.2 Å². The van der Waals surface area contributed by atoms with Gasteiger partial charge in [-0.2, -0.15) is 0 Å². The molecule has 182 valence electrons. The second kappa shape index (κ2) is 8.83. The number of fused-ring (bicyclic) bond motifs is 2. The number of nitrogens with one attached hydrogen (secondary N) is 1. The van der Waals surface area contributed by atoms with Crippen LogP contribution in [0.4, 0.5) is 5.82 Å². The van der Waals surface area contributed by atoms with E-state index in [0.717, 1.165) is 31.5 Å². The highest BCUT2D eigenvalue weighted by Crippen LogP contribution is 2.45. The third-order valence-corrected chi connectivity index (χ3v) is 8.17. The summed E-state index contributed by atoms with van der Waals surface area (Å²) < 4.78 is 6.66. The predicted molar refractivity (Wildman–Crippen MR) is 136 cm³/mol. The van der Waals surface area contributed by atoms with E-state index in [1.54, 1.807) is 6.07 Å². The van der Waals surface area contributed by atoms with Crippen molar-refractivity contribution in [3.8, 4) is 11.1 Å². The van der Waals surface area contributed by atoms with Crippen LogP contribution in [0, 0.1) is 13.8 Å². The monoisotopic (exact) mass is 471 g/mol. The normalized spacial score (nSPS) is 23.6. The number of aromatic nitrogens is 2. The van der Waals surface area contributed by atoms with Gasteiger partial charge in [-0.3, -0.25) is 0 Å². The number of H-pyrrole nitrogens is 1. The summed E-state index contributed by atoms with van der Waals surface area (Å²) in [7, 11) is 0. The summed E-state index contributed by atoms with van der Waals surface area (Å²) in [6.45, 7) is 5.04. The Kier molecular flexibility index (Phi) is 5.64. The maximum atomic E-state index is 11.2. The number of hydrogen-bond acceptors (Lipinski definition) is 4. The number of rotatable bonds is 7. The highest BCUT2D eigenvalue weighted by Gasteiger charge is 2.42. The molecule has 2 N–H and O–H groups in total. The van der Waals surface area contributed by atoms with Crippen LogP contribution in [0.2, 0.25) is 0 Å². The first-order valence-corrected chi connectivity index (χ1v) is 12.9. The maximum absolute atomic E-state index is 11.2. The van der Waals surface area contributed by atoms with Gasteiger partial charge in [0.25, 0.3) is 0 Å². The lowest BCUT2D eigenvalue weighted by atomic mass is 9.94. The molecule has 0 amide bonds. The molecule has 0 spiro atoms. The third-order valence-electron chi connectivity index (χ3n) is 8.17. The van der Waals surface area contributed by atoms with Crippen molar-refractivity contribution in [3.05, 3.63) is 70.7 Å². The van der Waals surface area contributed by atoms with Gasteiger partial charge in [0.1, 0.15) is 5.82 Å². The van der Waals surface area contributed by atoms with Gasteiger partial charge in [-0.05, 0) is 87.1 Å². The summed E-state index contributed by atoms with van der Waals surface area (Å²) in [4.78, 5) is 21.7. The van der Waals surface area contributed by atoms with Crippen molar-refractivity contribution in [2.45, 2.75) is 83.1 Å². The Hall–Kier alpha value is -3.12. The second-order valence-electron chi connectivity index (χ2n) is 10.5. The average Bonchev–Trinajstić information content (AvgIpc) is 3.55. The topological polar surface area (TPSA) is 78.5 Å². The summed E-state index contributed by atoms with van der Waals surface area (Å²) >= 11 is 0.